The van der Waals surface area contributed by atoms with E-state index in [0.717, 1.165) is 22.4 Å². The minimum atomic E-state index is -0.678. The lowest BCUT2D eigenvalue weighted by Crippen LogP contribution is -2.40. The van der Waals surface area contributed by atoms with E-state index in [1.54, 1.807) is 0 Å². The summed E-state index contributed by atoms with van der Waals surface area (Å²) in [6.45, 7) is 8.07. The van der Waals surface area contributed by atoms with Gasteiger partial charge in [0.1, 0.15) is 5.38 Å². The molecule has 1 amide bonds. The molecule has 0 N–H and O–H groups in total. The van der Waals surface area contributed by atoms with E-state index in [0.29, 0.717) is 0 Å². The monoisotopic (exact) mass is 315 g/mol. The first-order valence-electron chi connectivity index (χ1n) is 7.51. The van der Waals surface area contributed by atoms with Crippen LogP contribution in [0.2, 0.25) is 0 Å². The third-order valence-electron chi connectivity index (χ3n) is 3.74. The average Bonchev–Trinajstić information content (AvgIpc) is 2.50. The molecule has 22 heavy (non-hydrogen) atoms. The van der Waals surface area contributed by atoms with Gasteiger partial charge in [-0.1, -0.05) is 48.5 Å². The van der Waals surface area contributed by atoms with Gasteiger partial charge in [0.25, 0.3) is 0 Å². The first-order chi connectivity index (χ1) is 10.4. The molecule has 0 aliphatic heterocycles. The third-order valence-corrected chi connectivity index (χ3v) is 4.18. The van der Waals surface area contributed by atoms with Gasteiger partial charge in [-0.25, -0.2) is 0 Å². The minimum absolute atomic E-state index is 0.0391. The Morgan fingerprint density at radius 3 is 2.00 bits per heavy atom. The Bertz CT molecular complexity index is 631. The van der Waals surface area contributed by atoms with Crippen LogP contribution in [-0.2, 0) is 4.79 Å². The molecule has 2 aromatic rings. The molecule has 0 bridgehead atoms. The second kappa shape index (κ2) is 6.97. The van der Waals surface area contributed by atoms with Crippen molar-refractivity contribution in [2.75, 3.05) is 4.90 Å². The Hall–Kier alpha value is -1.80. The van der Waals surface area contributed by atoms with Gasteiger partial charge in [0.15, 0.2) is 0 Å². The van der Waals surface area contributed by atoms with E-state index in [2.05, 4.69) is 0 Å². The maximum atomic E-state index is 13.0. The lowest BCUT2D eigenvalue weighted by molar-refractivity contribution is -0.118. The number of carbonyl (C=O) groups is 1. The van der Waals surface area contributed by atoms with Crippen molar-refractivity contribution in [3.05, 3.63) is 65.2 Å². The molecule has 0 aliphatic carbocycles. The van der Waals surface area contributed by atoms with Crippen LogP contribution in [0.3, 0.4) is 0 Å². The topological polar surface area (TPSA) is 20.3 Å². The molecule has 0 fully saturated rings. The number of amides is 1. The Morgan fingerprint density at radius 1 is 0.955 bits per heavy atom. The predicted octanol–water partition coefficient (Wildman–Crippen LogP) is 5.02. The van der Waals surface area contributed by atoms with Gasteiger partial charge >= 0.3 is 0 Å². The highest BCUT2D eigenvalue weighted by Gasteiger charge is 2.28. The molecular formula is C19H22ClNO. The van der Waals surface area contributed by atoms with E-state index in [4.69, 9.17) is 11.6 Å². The first-order valence-corrected chi connectivity index (χ1v) is 7.95. The number of alkyl halides is 1. The van der Waals surface area contributed by atoms with E-state index >= 15 is 0 Å². The highest BCUT2D eigenvalue weighted by molar-refractivity contribution is 6.33. The second-order valence-corrected chi connectivity index (χ2v) is 6.25. The summed E-state index contributed by atoms with van der Waals surface area (Å²) < 4.78 is 0. The van der Waals surface area contributed by atoms with Crippen molar-refractivity contribution in [3.8, 4) is 0 Å². The quantitative estimate of drug-likeness (QED) is 0.725. The number of para-hydroxylation sites is 1. The average molecular weight is 316 g/mol. The third kappa shape index (κ3) is 3.33. The van der Waals surface area contributed by atoms with E-state index in [9.17, 15) is 4.79 Å². The van der Waals surface area contributed by atoms with Crippen molar-refractivity contribution < 1.29 is 4.79 Å². The fourth-order valence-electron chi connectivity index (χ4n) is 2.70. The lowest BCUT2D eigenvalue weighted by atomic mass is 10.0. The van der Waals surface area contributed by atoms with Gasteiger partial charge < -0.3 is 4.90 Å². The number of benzene rings is 2. The SMILES string of the molecule is Cc1cccc(C)c1N(C(=O)[C@H](Cl)c1ccccc1)C(C)C. The second-order valence-electron chi connectivity index (χ2n) is 5.82. The standard InChI is InChI=1S/C19H22ClNO/c1-13(2)21(18-14(3)9-8-10-15(18)4)19(22)17(20)16-11-6-5-7-12-16/h5-13,17H,1-4H3/t17-/m1/s1. The smallest absolute Gasteiger partial charge is 0.249 e. The number of halogens is 1. The molecule has 2 rings (SSSR count). The summed E-state index contributed by atoms with van der Waals surface area (Å²) in [5.41, 5.74) is 3.95. The minimum Gasteiger partial charge on any atom is -0.308 e. The molecule has 0 aliphatic rings. The number of carbonyl (C=O) groups excluding carboxylic acids is 1. The highest BCUT2D eigenvalue weighted by Crippen LogP contribution is 2.31. The predicted molar refractivity (Wildman–Crippen MR) is 93.6 cm³/mol. The Balaban J connectivity index is 2.42. The van der Waals surface area contributed by atoms with Crippen molar-refractivity contribution in [1.29, 1.82) is 0 Å². The Kier molecular flexibility index (Phi) is 5.25. The van der Waals surface area contributed by atoms with Crippen LogP contribution in [0, 0.1) is 13.8 Å². The zero-order valence-electron chi connectivity index (χ0n) is 13.5. The summed E-state index contributed by atoms with van der Waals surface area (Å²) in [6, 6.07) is 15.6. The molecule has 2 nitrogen and oxygen atoms in total. The summed E-state index contributed by atoms with van der Waals surface area (Å²) in [5, 5.41) is -0.678. The number of nitrogens with zero attached hydrogens (tertiary/aromatic N) is 1. The molecule has 1 atom stereocenters. The van der Waals surface area contributed by atoms with Crippen molar-refractivity contribution in [2.45, 2.75) is 39.1 Å². The molecule has 0 radical (unpaired) electrons. The van der Waals surface area contributed by atoms with Crippen LogP contribution in [0.25, 0.3) is 0 Å². The molecule has 116 valence electrons. The van der Waals surface area contributed by atoms with Crippen LogP contribution in [-0.4, -0.2) is 11.9 Å². The number of aryl methyl sites for hydroxylation is 2. The van der Waals surface area contributed by atoms with Gasteiger partial charge in [0, 0.05) is 11.7 Å². The van der Waals surface area contributed by atoms with Crippen LogP contribution in [0.5, 0.6) is 0 Å². The molecule has 0 aromatic heterocycles. The summed E-state index contributed by atoms with van der Waals surface area (Å²) in [7, 11) is 0. The number of hydrogen-bond donors (Lipinski definition) is 0. The Morgan fingerprint density at radius 2 is 1.50 bits per heavy atom. The van der Waals surface area contributed by atoms with Crippen LogP contribution >= 0.6 is 11.6 Å². The van der Waals surface area contributed by atoms with E-state index in [1.807, 2.05) is 81.1 Å². The number of anilines is 1. The molecule has 2 aromatic carbocycles. The molecule has 0 unspecified atom stereocenters. The Labute approximate surface area is 137 Å². The van der Waals surface area contributed by atoms with Crippen molar-refractivity contribution in [2.24, 2.45) is 0 Å². The van der Waals surface area contributed by atoms with Crippen molar-refractivity contribution in [3.63, 3.8) is 0 Å². The van der Waals surface area contributed by atoms with Crippen LogP contribution < -0.4 is 4.90 Å². The van der Waals surface area contributed by atoms with Gasteiger partial charge in [-0.15, -0.1) is 11.6 Å². The highest BCUT2D eigenvalue weighted by atomic mass is 35.5. The van der Waals surface area contributed by atoms with Gasteiger partial charge in [-0.2, -0.15) is 0 Å². The maximum Gasteiger partial charge on any atom is 0.249 e. The van der Waals surface area contributed by atoms with Crippen LogP contribution in [0.15, 0.2) is 48.5 Å². The molecule has 0 spiro atoms. The summed E-state index contributed by atoms with van der Waals surface area (Å²) in [5.74, 6) is -0.0831. The fraction of sp³-hybridized carbons (Fsp3) is 0.316. The largest absolute Gasteiger partial charge is 0.308 e. The van der Waals surface area contributed by atoms with Gasteiger partial charge in [-0.3, -0.25) is 4.79 Å². The van der Waals surface area contributed by atoms with Crippen molar-refractivity contribution in [1.82, 2.24) is 0 Å². The summed E-state index contributed by atoms with van der Waals surface area (Å²) in [6.07, 6.45) is 0. The molecule has 3 heteroatoms. The molecule has 0 saturated heterocycles. The molecular weight excluding hydrogens is 294 g/mol. The van der Waals surface area contributed by atoms with Crippen LogP contribution in [0.4, 0.5) is 5.69 Å². The lowest BCUT2D eigenvalue weighted by Gasteiger charge is -2.31. The first kappa shape index (κ1) is 16.6. The normalized spacial score (nSPS) is 12.3. The van der Waals surface area contributed by atoms with Gasteiger partial charge in [0.2, 0.25) is 5.91 Å². The van der Waals surface area contributed by atoms with Gasteiger partial charge in [-0.05, 0) is 44.4 Å². The zero-order chi connectivity index (χ0) is 16.3. The van der Waals surface area contributed by atoms with Crippen molar-refractivity contribution >= 4 is 23.2 Å². The molecule has 0 saturated carbocycles. The van der Waals surface area contributed by atoms with Crippen LogP contribution in [0.1, 0.15) is 35.9 Å². The summed E-state index contributed by atoms with van der Waals surface area (Å²) >= 11 is 6.46. The van der Waals surface area contributed by atoms with E-state index < -0.39 is 5.38 Å². The van der Waals surface area contributed by atoms with E-state index in [-0.39, 0.29) is 11.9 Å². The maximum absolute atomic E-state index is 13.0. The fourth-order valence-corrected chi connectivity index (χ4v) is 2.95. The molecule has 0 heterocycles. The number of hydrogen-bond acceptors (Lipinski definition) is 1. The summed E-state index contributed by atoms with van der Waals surface area (Å²) in [4.78, 5) is 14.8. The zero-order valence-corrected chi connectivity index (χ0v) is 14.3. The van der Waals surface area contributed by atoms with Gasteiger partial charge in [0.05, 0.1) is 0 Å². The number of rotatable bonds is 4. The van der Waals surface area contributed by atoms with E-state index in [1.165, 1.54) is 0 Å².